The van der Waals surface area contributed by atoms with Gasteiger partial charge in [-0.25, -0.2) is 0 Å². The second kappa shape index (κ2) is 8.70. The van der Waals surface area contributed by atoms with E-state index in [0.29, 0.717) is 14.8 Å². The molecule has 1 atom stereocenters. The average Bonchev–Trinajstić information content (AvgIpc) is 2.96. The molecular weight excluding hydrogens is 404 g/mol. The third kappa shape index (κ3) is 4.34. The van der Waals surface area contributed by atoms with Gasteiger partial charge < -0.3 is 9.47 Å². The molecule has 3 rings (SSSR count). The number of methoxy groups -OCH3 is 1. The Morgan fingerprint density at radius 1 is 1.14 bits per heavy atom. The molecule has 1 fully saturated rings. The zero-order valence-electron chi connectivity index (χ0n) is 15.1. The van der Waals surface area contributed by atoms with E-state index in [2.05, 4.69) is 4.74 Å². The Labute approximate surface area is 171 Å². The SMILES string of the molecule is COc1cc(/C=C2\SC(=S)N(C(C)c3ccccc3)C2=O)ccc1OC(F)F. The number of thiocarbonyl (C=S) groups is 1. The predicted octanol–water partition coefficient (Wildman–Crippen LogP) is 5.26. The van der Waals surface area contributed by atoms with Crippen molar-refractivity contribution in [1.29, 1.82) is 0 Å². The normalized spacial score (nSPS) is 16.8. The number of nitrogens with zero attached hydrogens (tertiary/aromatic N) is 1. The number of ether oxygens (including phenoxy) is 2. The summed E-state index contributed by atoms with van der Waals surface area (Å²) in [5, 5.41) is 0. The molecule has 1 amide bonds. The van der Waals surface area contributed by atoms with Crippen LogP contribution in [0.3, 0.4) is 0 Å². The molecule has 28 heavy (non-hydrogen) atoms. The highest BCUT2D eigenvalue weighted by Crippen LogP contribution is 2.39. The molecule has 2 aromatic rings. The van der Waals surface area contributed by atoms with Crippen LogP contribution >= 0.6 is 24.0 Å². The molecule has 1 aliphatic heterocycles. The van der Waals surface area contributed by atoms with Gasteiger partial charge >= 0.3 is 6.61 Å². The maximum Gasteiger partial charge on any atom is 0.387 e. The molecule has 2 aromatic carbocycles. The van der Waals surface area contributed by atoms with Gasteiger partial charge in [0, 0.05) is 0 Å². The lowest BCUT2D eigenvalue weighted by Crippen LogP contribution is -2.30. The van der Waals surface area contributed by atoms with Gasteiger partial charge in [-0.1, -0.05) is 60.4 Å². The minimum atomic E-state index is -2.95. The number of benzene rings is 2. The van der Waals surface area contributed by atoms with Gasteiger partial charge in [-0.2, -0.15) is 8.78 Å². The second-order valence-electron chi connectivity index (χ2n) is 5.93. The van der Waals surface area contributed by atoms with E-state index in [4.69, 9.17) is 17.0 Å². The van der Waals surface area contributed by atoms with Crippen LogP contribution in [0.15, 0.2) is 53.4 Å². The van der Waals surface area contributed by atoms with E-state index >= 15 is 0 Å². The number of amides is 1. The molecule has 0 radical (unpaired) electrons. The minimum absolute atomic E-state index is 0.0695. The van der Waals surface area contributed by atoms with Crippen LogP contribution < -0.4 is 9.47 Å². The van der Waals surface area contributed by atoms with E-state index in [1.807, 2.05) is 37.3 Å². The van der Waals surface area contributed by atoms with E-state index in [1.165, 1.54) is 31.0 Å². The topological polar surface area (TPSA) is 38.8 Å². The lowest BCUT2D eigenvalue weighted by atomic mass is 10.1. The molecule has 0 aliphatic carbocycles. The molecule has 1 unspecified atom stereocenters. The van der Waals surface area contributed by atoms with Gasteiger partial charge in [0.2, 0.25) is 0 Å². The molecule has 0 saturated carbocycles. The Kier molecular flexibility index (Phi) is 6.31. The fourth-order valence-electron chi connectivity index (χ4n) is 2.81. The zero-order valence-corrected chi connectivity index (χ0v) is 16.7. The van der Waals surface area contributed by atoms with Gasteiger partial charge in [-0.3, -0.25) is 9.69 Å². The number of alkyl halides is 2. The average molecular weight is 421 g/mol. The van der Waals surface area contributed by atoms with Crippen molar-refractivity contribution in [3.8, 4) is 11.5 Å². The van der Waals surface area contributed by atoms with Crippen molar-refractivity contribution < 1.29 is 23.0 Å². The highest BCUT2D eigenvalue weighted by Gasteiger charge is 2.35. The van der Waals surface area contributed by atoms with Crippen LogP contribution in [0.2, 0.25) is 0 Å². The lowest BCUT2D eigenvalue weighted by Gasteiger charge is -2.23. The number of carbonyl (C=O) groups excluding carboxylic acids is 1. The number of carbonyl (C=O) groups is 1. The largest absolute Gasteiger partial charge is 0.493 e. The minimum Gasteiger partial charge on any atom is -0.493 e. The third-order valence-corrected chi connectivity index (χ3v) is 5.52. The van der Waals surface area contributed by atoms with Gasteiger partial charge in [0.05, 0.1) is 18.1 Å². The first-order valence-corrected chi connectivity index (χ1v) is 9.58. The Morgan fingerprint density at radius 2 is 1.86 bits per heavy atom. The van der Waals surface area contributed by atoms with Crippen LogP contribution in [-0.4, -0.2) is 28.8 Å². The van der Waals surface area contributed by atoms with Crippen molar-refractivity contribution in [1.82, 2.24) is 4.90 Å². The number of rotatable bonds is 6. The van der Waals surface area contributed by atoms with Crippen molar-refractivity contribution in [2.24, 2.45) is 0 Å². The van der Waals surface area contributed by atoms with Crippen molar-refractivity contribution in [2.75, 3.05) is 7.11 Å². The fraction of sp³-hybridized carbons (Fsp3) is 0.200. The van der Waals surface area contributed by atoms with E-state index in [9.17, 15) is 13.6 Å². The molecule has 146 valence electrons. The van der Waals surface area contributed by atoms with Gasteiger partial charge in [0.1, 0.15) is 4.32 Å². The molecule has 0 N–H and O–H groups in total. The predicted molar refractivity (Wildman–Crippen MR) is 109 cm³/mol. The summed E-state index contributed by atoms with van der Waals surface area (Å²) < 4.78 is 34.9. The highest BCUT2D eigenvalue weighted by molar-refractivity contribution is 8.26. The first-order valence-electron chi connectivity index (χ1n) is 8.35. The van der Waals surface area contributed by atoms with Crippen LogP contribution in [0.5, 0.6) is 11.5 Å². The quantitative estimate of drug-likeness (QED) is 0.470. The van der Waals surface area contributed by atoms with E-state index < -0.39 is 6.61 Å². The number of thioether (sulfide) groups is 1. The molecule has 0 bridgehead atoms. The lowest BCUT2D eigenvalue weighted by molar-refractivity contribution is -0.123. The fourth-order valence-corrected chi connectivity index (χ4v) is 4.23. The summed E-state index contributed by atoms with van der Waals surface area (Å²) in [7, 11) is 1.36. The Balaban J connectivity index is 1.85. The smallest absolute Gasteiger partial charge is 0.387 e. The molecular formula is C20H17F2NO3S2. The first-order chi connectivity index (χ1) is 13.4. The Bertz CT molecular complexity index is 919. The molecule has 1 aliphatic rings. The monoisotopic (exact) mass is 421 g/mol. The van der Waals surface area contributed by atoms with Crippen molar-refractivity contribution in [3.63, 3.8) is 0 Å². The third-order valence-electron chi connectivity index (χ3n) is 4.19. The molecule has 0 aromatic heterocycles. The molecule has 0 spiro atoms. The summed E-state index contributed by atoms with van der Waals surface area (Å²) in [6.45, 7) is -1.03. The summed E-state index contributed by atoms with van der Waals surface area (Å²) >= 11 is 6.61. The Morgan fingerprint density at radius 3 is 2.50 bits per heavy atom. The molecule has 1 saturated heterocycles. The Hall–Kier alpha value is -2.45. The summed E-state index contributed by atoms with van der Waals surface area (Å²) in [5.74, 6) is -0.111. The van der Waals surface area contributed by atoms with Crippen molar-refractivity contribution >= 4 is 40.3 Å². The number of hydrogen-bond donors (Lipinski definition) is 0. The number of hydrogen-bond acceptors (Lipinski definition) is 5. The van der Waals surface area contributed by atoms with E-state index in [1.54, 1.807) is 17.0 Å². The van der Waals surface area contributed by atoms with Crippen molar-refractivity contribution in [2.45, 2.75) is 19.6 Å². The van der Waals surface area contributed by atoms with Crippen LogP contribution in [0, 0.1) is 0 Å². The van der Waals surface area contributed by atoms with Crippen molar-refractivity contribution in [3.05, 3.63) is 64.6 Å². The summed E-state index contributed by atoms with van der Waals surface area (Å²) in [5.41, 5.74) is 1.60. The van der Waals surface area contributed by atoms with Gasteiger partial charge in [0.25, 0.3) is 5.91 Å². The summed E-state index contributed by atoms with van der Waals surface area (Å²) in [6, 6.07) is 13.9. The van der Waals surface area contributed by atoms with Gasteiger partial charge in [-0.15, -0.1) is 0 Å². The molecule has 4 nitrogen and oxygen atoms in total. The number of halogens is 2. The highest BCUT2D eigenvalue weighted by atomic mass is 32.2. The van der Waals surface area contributed by atoms with Gasteiger partial charge in [0.15, 0.2) is 11.5 Å². The standard InChI is InChI=1S/C20H17F2NO3S2/c1-12(14-6-4-3-5-7-14)23-18(24)17(28-20(23)27)11-13-8-9-15(26-19(21)22)16(10-13)25-2/h3-12,19H,1-2H3/b17-11-. The van der Waals surface area contributed by atoms with E-state index in [0.717, 1.165) is 5.56 Å². The maximum atomic E-state index is 12.9. The summed E-state index contributed by atoms with van der Waals surface area (Å²) in [6.07, 6.45) is 1.66. The molecule has 8 heteroatoms. The van der Waals surface area contributed by atoms with Gasteiger partial charge in [-0.05, 0) is 36.3 Å². The summed E-state index contributed by atoms with van der Waals surface area (Å²) in [4.78, 5) is 14.9. The second-order valence-corrected chi connectivity index (χ2v) is 7.60. The maximum absolute atomic E-state index is 12.9. The first kappa shape index (κ1) is 20.3. The van der Waals surface area contributed by atoms with Crippen LogP contribution in [0.25, 0.3) is 6.08 Å². The van der Waals surface area contributed by atoms with E-state index in [-0.39, 0.29) is 23.4 Å². The van der Waals surface area contributed by atoms with Crippen LogP contribution in [-0.2, 0) is 4.79 Å². The van der Waals surface area contributed by atoms with Crippen LogP contribution in [0.1, 0.15) is 24.1 Å². The zero-order chi connectivity index (χ0) is 20.3. The van der Waals surface area contributed by atoms with Crippen LogP contribution in [0.4, 0.5) is 8.78 Å². The molecule has 1 heterocycles.